The molecule has 0 aliphatic heterocycles. The van der Waals surface area contributed by atoms with Crippen LogP contribution in [0, 0.1) is 18.6 Å². The van der Waals surface area contributed by atoms with Gasteiger partial charge in [0.25, 0.3) is 0 Å². The van der Waals surface area contributed by atoms with Crippen LogP contribution in [0.5, 0.6) is 0 Å². The summed E-state index contributed by atoms with van der Waals surface area (Å²) < 4.78 is 26.9. The van der Waals surface area contributed by atoms with Gasteiger partial charge in [0.15, 0.2) is 0 Å². The molecule has 0 unspecified atom stereocenters. The number of halogens is 2. The second-order valence-electron chi connectivity index (χ2n) is 5.14. The Balaban J connectivity index is 1.74. The molecule has 0 bridgehead atoms. The van der Waals surface area contributed by atoms with Crippen molar-refractivity contribution in [3.63, 3.8) is 0 Å². The Kier molecular flexibility index (Phi) is 3.96. The zero-order chi connectivity index (χ0) is 15.5. The van der Waals surface area contributed by atoms with Crippen molar-refractivity contribution in [2.24, 2.45) is 0 Å². The van der Waals surface area contributed by atoms with Gasteiger partial charge >= 0.3 is 0 Å². The van der Waals surface area contributed by atoms with Crippen LogP contribution in [0.2, 0.25) is 0 Å². The summed E-state index contributed by atoms with van der Waals surface area (Å²) in [5, 5.41) is 3.79. The first-order valence-electron chi connectivity index (χ1n) is 7.02. The van der Waals surface area contributed by atoms with Crippen molar-refractivity contribution in [3.8, 4) is 0 Å². The Bertz CT molecular complexity index is 818. The standard InChI is InChI=1S/C17H15F2N3/c1-11-2-3-12(8-15(11)19)6-7-20-17-14-9-13(18)4-5-16(14)21-10-22-17/h2-5,8-10H,6-7H2,1H3,(H,20,21,22). The van der Waals surface area contributed by atoms with Gasteiger partial charge < -0.3 is 5.32 Å². The summed E-state index contributed by atoms with van der Waals surface area (Å²) >= 11 is 0. The summed E-state index contributed by atoms with van der Waals surface area (Å²) in [5.74, 6) is 0.0510. The molecule has 0 spiro atoms. The lowest BCUT2D eigenvalue weighted by Gasteiger charge is -2.09. The van der Waals surface area contributed by atoms with Crippen LogP contribution in [0.3, 0.4) is 0 Å². The summed E-state index contributed by atoms with van der Waals surface area (Å²) in [7, 11) is 0. The first-order valence-corrected chi connectivity index (χ1v) is 7.02. The van der Waals surface area contributed by atoms with Crippen LogP contribution in [0.4, 0.5) is 14.6 Å². The average molecular weight is 299 g/mol. The Morgan fingerprint density at radius 1 is 1.05 bits per heavy atom. The molecule has 2 aromatic carbocycles. The van der Waals surface area contributed by atoms with Crippen LogP contribution in [0.15, 0.2) is 42.7 Å². The SMILES string of the molecule is Cc1ccc(CCNc2ncnc3ccc(F)cc23)cc1F. The minimum atomic E-state index is -0.328. The monoisotopic (exact) mass is 299 g/mol. The highest BCUT2D eigenvalue weighted by atomic mass is 19.1. The van der Waals surface area contributed by atoms with Gasteiger partial charge in [0.2, 0.25) is 0 Å². The van der Waals surface area contributed by atoms with Gasteiger partial charge in [0, 0.05) is 11.9 Å². The number of rotatable bonds is 4. The number of hydrogen-bond donors (Lipinski definition) is 1. The summed E-state index contributed by atoms with van der Waals surface area (Å²) in [5.41, 5.74) is 2.22. The van der Waals surface area contributed by atoms with Crippen molar-refractivity contribution in [1.29, 1.82) is 0 Å². The minimum Gasteiger partial charge on any atom is -0.369 e. The number of benzene rings is 2. The molecule has 0 fully saturated rings. The molecule has 1 aromatic heterocycles. The first-order chi connectivity index (χ1) is 10.6. The van der Waals surface area contributed by atoms with E-state index in [0.29, 0.717) is 35.2 Å². The van der Waals surface area contributed by atoms with E-state index in [4.69, 9.17) is 0 Å². The van der Waals surface area contributed by atoms with E-state index < -0.39 is 0 Å². The largest absolute Gasteiger partial charge is 0.369 e. The number of nitrogens with zero attached hydrogens (tertiary/aromatic N) is 2. The second kappa shape index (κ2) is 6.05. The van der Waals surface area contributed by atoms with E-state index in [0.717, 1.165) is 5.56 Å². The summed E-state index contributed by atoms with van der Waals surface area (Å²) in [4.78, 5) is 8.25. The number of hydrogen-bond acceptors (Lipinski definition) is 3. The lowest BCUT2D eigenvalue weighted by Crippen LogP contribution is -2.07. The molecule has 1 N–H and O–H groups in total. The fourth-order valence-corrected chi connectivity index (χ4v) is 2.29. The number of aromatic nitrogens is 2. The van der Waals surface area contributed by atoms with Crippen LogP contribution in [0.1, 0.15) is 11.1 Å². The van der Waals surface area contributed by atoms with E-state index in [-0.39, 0.29) is 11.6 Å². The van der Waals surface area contributed by atoms with Crippen molar-refractivity contribution in [1.82, 2.24) is 9.97 Å². The van der Waals surface area contributed by atoms with Crippen LogP contribution < -0.4 is 5.32 Å². The summed E-state index contributed by atoms with van der Waals surface area (Å²) in [6.07, 6.45) is 2.09. The predicted molar refractivity (Wildman–Crippen MR) is 82.8 cm³/mol. The van der Waals surface area contributed by atoms with Gasteiger partial charge in [-0.2, -0.15) is 0 Å². The van der Waals surface area contributed by atoms with Crippen LogP contribution in [-0.4, -0.2) is 16.5 Å². The molecule has 1 heterocycles. The van der Waals surface area contributed by atoms with E-state index in [1.807, 2.05) is 6.07 Å². The third-order valence-electron chi connectivity index (χ3n) is 3.54. The Labute approximate surface area is 127 Å². The highest BCUT2D eigenvalue weighted by Crippen LogP contribution is 2.20. The topological polar surface area (TPSA) is 37.8 Å². The third kappa shape index (κ3) is 3.03. The summed E-state index contributed by atoms with van der Waals surface area (Å²) in [6, 6.07) is 9.59. The molecule has 0 atom stereocenters. The van der Waals surface area contributed by atoms with Gasteiger partial charge in [0.05, 0.1) is 5.52 Å². The van der Waals surface area contributed by atoms with Gasteiger partial charge in [-0.15, -0.1) is 0 Å². The van der Waals surface area contributed by atoms with Crippen LogP contribution in [-0.2, 0) is 6.42 Å². The number of anilines is 1. The van der Waals surface area contributed by atoms with Gasteiger partial charge in [0.1, 0.15) is 23.8 Å². The highest BCUT2D eigenvalue weighted by molar-refractivity contribution is 5.88. The molecule has 5 heteroatoms. The molecular weight excluding hydrogens is 284 g/mol. The summed E-state index contributed by atoms with van der Waals surface area (Å²) in [6.45, 7) is 2.31. The zero-order valence-corrected chi connectivity index (χ0v) is 12.1. The molecule has 0 amide bonds. The quantitative estimate of drug-likeness (QED) is 0.794. The van der Waals surface area contributed by atoms with E-state index in [9.17, 15) is 8.78 Å². The third-order valence-corrected chi connectivity index (χ3v) is 3.54. The lowest BCUT2D eigenvalue weighted by molar-refractivity contribution is 0.616. The first kappa shape index (κ1) is 14.4. The van der Waals surface area contributed by atoms with Gasteiger partial charge in [-0.25, -0.2) is 18.7 Å². The number of nitrogens with one attached hydrogen (secondary N) is 1. The zero-order valence-electron chi connectivity index (χ0n) is 12.1. The highest BCUT2D eigenvalue weighted by Gasteiger charge is 2.05. The molecule has 3 nitrogen and oxygen atoms in total. The molecule has 22 heavy (non-hydrogen) atoms. The van der Waals surface area contributed by atoms with E-state index in [2.05, 4.69) is 15.3 Å². The Morgan fingerprint density at radius 3 is 2.73 bits per heavy atom. The van der Waals surface area contributed by atoms with Crippen molar-refractivity contribution in [2.45, 2.75) is 13.3 Å². The smallest absolute Gasteiger partial charge is 0.137 e. The van der Waals surface area contributed by atoms with Crippen molar-refractivity contribution in [2.75, 3.05) is 11.9 Å². The van der Waals surface area contributed by atoms with E-state index in [1.165, 1.54) is 24.5 Å². The fraction of sp³-hybridized carbons (Fsp3) is 0.176. The van der Waals surface area contributed by atoms with Crippen LogP contribution >= 0.6 is 0 Å². The Morgan fingerprint density at radius 2 is 1.91 bits per heavy atom. The molecule has 0 aliphatic carbocycles. The average Bonchev–Trinajstić information content (AvgIpc) is 2.51. The Hall–Kier alpha value is -2.56. The maximum Gasteiger partial charge on any atom is 0.137 e. The van der Waals surface area contributed by atoms with Gasteiger partial charge in [-0.3, -0.25) is 0 Å². The maximum absolute atomic E-state index is 13.5. The predicted octanol–water partition coefficient (Wildman–Crippen LogP) is 3.87. The molecular formula is C17H15F2N3. The molecule has 3 aromatic rings. The van der Waals surface area contributed by atoms with Gasteiger partial charge in [-0.1, -0.05) is 12.1 Å². The van der Waals surface area contributed by atoms with E-state index >= 15 is 0 Å². The second-order valence-corrected chi connectivity index (χ2v) is 5.14. The van der Waals surface area contributed by atoms with Crippen molar-refractivity contribution in [3.05, 3.63) is 65.5 Å². The van der Waals surface area contributed by atoms with Crippen LogP contribution in [0.25, 0.3) is 10.9 Å². The van der Waals surface area contributed by atoms with Crippen molar-refractivity contribution >= 4 is 16.7 Å². The molecule has 0 aliphatic rings. The maximum atomic E-state index is 13.5. The molecule has 0 saturated carbocycles. The normalized spacial score (nSPS) is 10.9. The van der Waals surface area contributed by atoms with E-state index in [1.54, 1.807) is 19.1 Å². The minimum absolute atomic E-state index is 0.202. The fourth-order valence-electron chi connectivity index (χ4n) is 2.29. The molecule has 112 valence electrons. The van der Waals surface area contributed by atoms with Crippen molar-refractivity contribution < 1.29 is 8.78 Å². The number of aryl methyl sites for hydroxylation is 1. The van der Waals surface area contributed by atoms with Gasteiger partial charge in [-0.05, 0) is 48.7 Å². The molecule has 0 radical (unpaired) electrons. The molecule has 0 saturated heterocycles. The number of fused-ring (bicyclic) bond motifs is 1. The molecule has 3 rings (SSSR count). The lowest BCUT2D eigenvalue weighted by atomic mass is 10.1.